The maximum Gasteiger partial charge on any atom is 0.230 e. The summed E-state index contributed by atoms with van der Waals surface area (Å²) in [6.45, 7) is 2.47. The van der Waals surface area contributed by atoms with Crippen molar-refractivity contribution in [1.82, 2.24) is 0 Å². The maximum absolute atomic E-state index is 5.28. The summed E-state index contributed by atoms with van der Waals surface area (Å²) in [5.74, 6) is 1.87. The van der Waals surface area contributed by atoms with E-state index < -0.39 is 0 Å². The third-order valence-corrected chi connectivity index (χ3v) is 1.86. The molecule has 1 aromatic carbocycles. The van der Waals surface area contributed by atoms with Gasteiger partial charge in [0.15, 0.2) is 0 Å². The molecule has 0 amide bonds. The number of hydrogen-bond donors (Lipinski definition) is 0. The molecule has 0 atom stereocenters. The van der Waals surface area contributed by atoms with E-state index in [4.69, 9.17) is 9.47 Å². The van der Waals surface area contributed by atoms with Gasteiger partial charge in [0.25, 0.3) is 0 Å². The minimum Gasteiger partial charge on any atom is -0.457 e. The van der Waals surface area contributed by atoms with Gasteiger partial charge in [0.1, 0.15) is 11.5 Å². The molecule has 0 aliphatic carbocycles. The van der Waals surface area contributed by atoms with Gasteiger partial charge in [0, 0.05) is 6.07 Å². The molecule has 0 saturated carbocycles. The molecule has 0 saturated heterocycles. The van der Waals surface area contributed by atoms with Crippen LogP contribution in [0.1, 0.15) is 12.5 Å². The second-order valence-corrected chi connectivity index (χ2v) is 2.53. The van der Waals surface area contributed by atoms with E-state index in [0.717, 1.165) is 17.9 Å². The summed E-state index contributed by atoms with van der Waals surface area (Å²) in [5, 5.41) is 0. The summed E-state index contributed by atoms with van der Waals surface area (Å²) in [7, 11) is 0. The summed E-state index contributed by atoms with van der Waals surface area (Å²) in [6.07, 6.45) is 1.01. The molecule has 11 heavy (non-hydrogen) atoms. The van der Waals surface area contributed by atoms with Crippen molar-refractivity contribution < 1.29 is 9.47 Å². The minimum atomic E-state index is 0.356. The van der Waals surface area contributed by atoms with Crippen LogP contribution in [0.25, 0.3) is 0 Å². The van der Waals surface area contributed by atoms with Gasteiger partial charge < -0.3 is 9.47 Å². The number of rotatable bonds is 1. The highest BCUT2D eigenvalue weighted by Crippen LogP contribution is 2.28. The molecule has 0 radical (unpaired) electrons. The van der Waals surface area contributed by atoms with Gasteiger partial charge in [-0.25, -0.2) is 0 Å². The lowest BCUT2D eigenvalue weighted by Gasteiger charge is -2.17. The lowest BCUT2D eigenvalue weighted by Crippen LogP contribution is -2.11. The monoisotopic (exact) mass is 150 g/mol. The van der Waals surface area contributed by atoms with Crippen LogP contribution >= 0.6 is 0 Å². The van der Waals surface area contributed by atoms with Gasteiger partial charge in [-0.2, -0.15) is 0 Å². The minimum absolute atomic E-state index is 0.356. The number of fused-ring (bicyclic) bond motifs is 2. The smallest absolute Gasteiger partial charge is 0.230 e. The first kappa shape index (κ1) is 6.53. The van der Waals surface area contributed by atoms with Crippen LogP contribution in [-0.2, 0) is 6.42 Å². The summed E-state index contributed by atoms with van der Waals surface area (Å²) in [5.41, 5.74) is 1.25. The van der Waals surface area contributed by atoms with Gasteiger partial charge in [0.05, 0.1) is 0 Å². The molecule has 0 unspecified atom stereocenters. The van der Waals surface area contributed by atoms with Gasteiger partial charge in [-0.1, -0.05) is 13.0 Å². The molecule has 2 heteroatoms. The summed E-state index contributed by atoms with van der Waals surface area (Å²) < 4.78 is 10.4. The fraction of sp³-hybridized carbons (Fsp3) is 0.333. The van der Waals surface area contributed by atoms with E-state index in [2.05, 4.69) is 6.92 Å². The highest BCUT2D eigenvalue weighted by atomic mass is 16.7. The fourth-order valence-electron chi connectivity index (χ4n) is 1.21. The average molecular weight is 150 g/mol. The molecule has 2 nitrogen and oxygen atoms in total. The van der Waals surface area contributed by atoms with Crippen LogP contribution in [0.3, 0.4) is 0 Å². The molecule has 1 heterocycles. The molecular weight excluding hydrogens is 140 g/mol. The number of benzene rings is 1. The van der Waals surface area contributed by atoms with Crippen molar-refractivity contribution in [3.63, 3.8) is 0 Å². The highest BCUT2D eigenvalue weighted by Gasteiger charge is 2.09. The quantitative estimate of drug-likeness (QED) is 0.609. The SMILES string of the molecule is CCc1ccc2cc1OCO2. The summed E-state index contributed by atoms with van der Waals surface area (Å²) in [4.78, 5) is 0. The van der Waals surface area contributed by atoms with Crippen molar-refractivity contribution in [2.75, 3.05) is 6.79 Å². The van der Waals surface area contributed by atoms with E-state index in [-0.39, 0.29) is 0 Å². The van der Waals surface area contributed by atoms with E-state index in [0.29, 0.717) is 6.79 Å². The summed E-state index contributed by atoms with van der Waals surface area (Å²) in [6, 6.07) is 5.96. The van der Waals surface area contributed by atoms with Crippen molar-refractivity contribution in [3.05, 3.63) is 23.8 Å². The first-order valence-corrected chi connectivity index (χ1v) is 3.78. The van der Waals surface area contributed by atoms with Gasteiger partial charge in [-0.05, 0) is 18.1 Å². The van der Waals surface area contributed by atoms with Crippen LogP contribution in [0, 0.1) is 0 Å². The molecular formula is C9H10O2. The Morgan fingerprint density at radius 2 is 2.27 bits per heavy atom. The van der Waals surface area contributed by atoms with Crippen LogP contribution in [0.5, 0.6) is 11.5 Å². The molecule has 2 rings (SSSR count). The first-order valence-electron chi connectivity index (χ1n) is 3.78. The average Bonchev–Trinajstić information content (AvgIpc) is 2.06. The van der Waals surface area contributed by atoms with E-state index in [9.17, 15) is 0 Å². The Kier molecular flexibility index (Phi) is 1.46. The zero-order valence-corrected chi connectivity index (χ0v) is 6.46. The maximum atomic E-state index is 5.28. The Balaban J connectivity index is 2.46. The molecule has 1 aliphatic heterocycles. The Morgan fingerprint density at radius 3 is 3.09 bits per heavy atom. The van der Waals surface area contributed by atoms with E-state index in [1.807, 2.05) is 18.2 Å². The third kappa shape index (κ3) is 1.04. The van der Waals surface area contributed by atoms with Gasteiger partial charge in [0.2, 0.25) is 6.79 Å². The lowest BCUT2D eigenvalue weighted by molar-refractivity contribution is 0.104. The largest absolute Gasteiger partial charge is 0.457 e. The zero-order chi connectivity index (χ0) is 7.68. The fourth-order valence-corrected chi connectivity index (χ4v) is 1.21. The Labute approximate surface area is 65.7 Å². The Morgan fingerprint density at radius 1 is 1.36 bits per heavy atom. The zero-order valence-electron chi connectivity index (χ0n) is 6.46. The van der Waals surface area contributed by atoms with Crippen LogP contribution < -0.4 is 9.47 Å². The second kappa shape index (κ2) is 2.46. The first-order chi connectivity index (χ1) is 5.40. The Bertz CT molecular complexity index is 268. The molecule has 1 aromatic rings. The van der Waals surface area contributed by atoms with Gasteiger partial charge in [-0.3, -0.25) is 0 Å². The molecule has 0 spiro atoms. The number of hydrogen-bond acceptors (Lipinski definition) is 2. The predicted octanol–water partition coefficient (Wildman–Crippen LogP) is 1.98. The topological polar surface area (TPSA) is 18.5 Å². The molecule has 0 aromatic heterocycles. The Hall–Kier alpha value is -1.18. The van der Waals surface area contributed by atoms with Crippen LogP contribution in [0.2, 0.25) is 0 Å². The standard InChI is InChI=1S/C9H10O2/c1-2-7-3-4-8-5-9(7)11-6-10-8/h3-5H,2,6H2,1H3. The van der Waals surface area contributed by atoms with Crippen molar-refractivity contribution in [1.29, 1.82) is 0 Å². The molecule has 0 fully saturated rings. The second-order valence-electron chi connectivity index (χ2n) is 2.53. The highest BCUT2D eigenvalue weighted by molar-refractivity contribution is 5.41. The molecule has 1 aliphatic rings. The van der Waals surface area contributed by atoms with Crippen molar-refractivity contribution >= 4 is 0 Å². The number of ether oxygens (including phenoxy) is 2. The lowest BCUT2D eigenvalue weighted by atomic mass is 10.1. The van der Waals surface area contributed by atoms with E-state index in [1.54, 1.807) is 0 Å². The van der Waals surface area contributed by atoms with E-state index in [1.165, 1.54) is 5.56 Å². The predicted molar refractivity (Wildman–Crippen MR) is 41.9 cm³/mol. The number of aryl methyl sites for hydroxylation is 1. The molecule has 58 valence electrons. The molecule has 2 bridgehead atoms. The van der Waals surface area contributed by atoms with E-state index >= 15 is 0 Å². The normalized spacial score (nSPS) is 13.5. The van der Waals surface area contributed by atoms with Crippen LogP contribution in [-0.4, -0.2) is 6.79 Å². The van der Waals surface area contributed by atoms with Gasteiger partial charge >= 0.3 is 0 Å². The van der Waals surface area contributed by atoms with Crippen LogP contribution in [0.15, 0.2) is 18.2 Å². The van der Waals surface area contributed by atoms with Gasteiger partial charge in [-0.15, -0.1) is 0 Å². The summed E-state index contributed by atoms with van der Waals surface area (Å²) >= 11 is 0. The van der Waals surface area contributed by atoms with Crippen molar-refractivity contribution in [3.8, 4) is 11.5 Å². The molecule has 0 N–H and O–H groups in total. The van der Waals surface area contributed by atoms with Crippen LogP contribution in [0.4, 0.5) is 0 Å². The van der Waals surface area contributed by atoms with Crippen molar-refractivity contribution in [2.24, 2.45) is 0 Å². The third-order valence-electron chi connectivity index (χ3n) is 1.86. The van der Waals surface area contributed by atoms with Crippen molar-refractivity contribution in [2.45, 2.75) is 13.3 Å².